The second-order valence-corrected chi connectivity index (χ2v) is 2.33. The lowest BCUT2D eigenvalue weighted by atomic mass is 10.1. The molecule has 2 N–H and O–H groups in total. The van der Waals surface area contributed by atoms with Crippen LogP contribution in [0.25, 0.3) is 0 Å². The van der Waals surface area contributed by atoms with Crippen molar-refractivity contribution in [3.05, 3.63) is 0 Å². The molecule has 0 heterocycles. The third-order valence-corrected chi connectivity index (χ3v) is 1.33. The zero-order valence-corrected chi connectivity index (χ0v) is 6.48. The lowest BCUT2D eigenvalue weighted by molar-refractivity contribution is -0.298. The highest BCUT2D eigenvalue weighted by atomic mass is 27.0. The van der Waals surface area contributed by atoms with Gasteiger partial charge < -0.3 is 10.2 Å². The van der Waals surface area contributed by atoms with Gasteiger partial charge in [0, 0.05) is 0 Å². The number of alkyl halides is 6. The Morgan fingerprint density at radius 3 is 1.06 bits per heavy atom. The molecule has 0 aliphatic carbocycles. The van der Waals surface area contributed by atoms with E-state index in [9.17, 15) is 35.9 Å². The fourth-order valence-electron chi connectivity index (χ4n) is 0.466. The maximum absolute atomic E-state index is 12.2. The zero-order chi connectivity index (χ0) is 12.7. The van der Waals surface area contributed by atoms with Crippen LogP contribution in [0, 0.1) is 0 Å². The van der Waals surface area contributed by atoms with Crippen LogP contribution in [0.15, 0.2) is 0 Å². The molecule has 0 aliphatic heterocycles. The summed E-state index contributed by atoms with van der Waals surface area (Å²) < 4.78 is 72.8. The fourth-order valence-corrected chi connectivity index (χ4v) is 0.466. The van der Waals surface area contributed by atoms with Gasteiger partial charge in [0.05, 0.1) is 0 Å². The highest BCUT2D eigenvalue weighted by Gasteiger charge is 2.78. The molecule has 0 atom stereocenters. The van der Waals surface area contributed by atoms with Crippen molar-refractivity contribution in [3.8, 4) is 0 Å². The van der Waals surface area contributed by atoms with Crippen molar-refractivity contribution in [2.45, 2.75) is 17.8 Å². The van der Waals surface area contributed by atoms with Crippen molar-refractivity contribution < 1.29 is 46.1 Å². The van der Waals surface area contributed by atoms with Crippen LogP contribution in [0.5, 0.6) is 0 Å². The quantitative estimate of drug-likeness (QED) is 0.551. The Morgan fingerprint density at radius 1 is 0.750 bits per heavy atom. The Labute approximate surface area is 94.0 Å². The number of halogens is 6. The van der Waals surface area contributed by atoms with Crippen molar-refractivity contribution in [3.63, 3.8) is 0 Å². The Hall–Kier alpha value is -0.948. The molecule has 0 fully saturated rings. The van der Waals surface area contributed by atoms with Crippen LogP contribution >= 0.6 is 0 Å². The van der Waals surface area contributed by atoms with Gasteiger partial charge in [-0.3, -0.25) is 0 Å². The standard InChI is InChI=1S/C5H2F6O4.Al.3H/c6-3(7,1(12)13)5(10,11)4(8,9)2(14)15;;;;/h(H,12,13)(H,14,15);;;;. The summed E-state index contributed by atoms with van der Waals surface area (Å²) in [6.45, 7) is 0. The van der Waals surface area contributed by atoms with Gasteiger partial charge in [-0.05, 0) is 0 Å². The summed E-state index contributed by atoms with van der Waals surface area (Å²) in [5, 5.41) is 15.1. The molecule has 0 rings (SSSR count). The average Bonchev–Trinajstić information content (AvgIpc) is 2.02. The maximum Gasteiger partial charge on any atom is 0.411 e. The summed E-state index contributed by atoms with van der Waals surface area (Å²) in [7, 11) is 0. The van der Waals surface area contributed by atoms with Crippen molar-refractivity contribution in [2.75, 3.05) is 0 Å². The van der Waals surface area contributed by atoms with E-state index < -0.39 is 29.7 Å². The van der Waals surface area contributed by atoms with Gasteiger partial charge >= 0.3 is 29.7 Å². The molecule has 0 aromatic heterocycles. The van der Waals surface area contributed by atoms with Gasteiger partial charge in [0.15, 0.2) is 17.4 Å². The lowest BCUT2D eigenvalue weighted by Gasteiger charge is -2.27. The first-order valence-corrected chi connectivity index (χ1v) is 2.99. The normalized spacial score (nSPS) is 12.9. The number of hydrogen-bond donors (Lipinski definition) is 2. The van der Waals surface area contributed by atoms with E-state index in [-0.39, 0.29) is 17.4 Å². The van der Waals surface area contributed by atoms with Crippen LogP contribution in [0.2, 0.25) is 0 Å². The van der Waals surface area contributed by atoms with E-state index >= 15 is 0 Å². The Kier molecular flexibility index (Phi) is 4.91. The number of carbonyl (C=O) groups is 2. The molecule has 0 aromatic carbocycles. The molecule has 0 spiro atoms. The van der Waals surface area contributed by atoms with Gasteiger partial charge in [0.25, 0.3) is 0 Å². The fraction of sp³-hybridized carbons (Fsp3) is 0.600. The number of carboxylic acids is 2. The summed E-state index contributed by atoms with van der Waals surface area (Å²) in [6, 6.07) is 0. The van der Waals surface area contributed by atoms with E-state index in [1.54, 1.807) is 0 Å². The van der Waals surface area contributed by atoms with Gasteiger partial charge in [-0.2, -0.15) is 26.3 Å². The highest BCUT2D eigenvalue weighted by Crippen LogP contribution is 2.45. The predicted molar refractivity (Wildman–Crippen MR) is 40.1 cm³/mol. The molecular formula is C5H5AlF6O4. The molecule has 0 aliphatic rings. The van der Waals surface area contributed by atoms with Crippen molar-refractivity contribution in [1.82, 2.24) is 0 Å². The molecule has 0 saturated heterocycles. The molecule has 16 heavy (non-hydrogen) atoms. The number of hydrogen-bond acceptors (Lipinski definition) is 2. The summed E-state index contributed by atoms with van der Waals surface area (Å²) in [6.07, 6.45) is 0. The first-order chi connectivity index (χ1) is 6.39. The third kappa shape index (κ3) is 2.25. The monoisotopic (exact) mass is 270 g/mol. The second kappa shape index (κ2) is 4.51. The second-order valence-electron chi connectivity index (χ2n) is 2.33. The minimum absolute atomic E-state index is 0. The lowest BCUT2D eigenvalue weighted by Crippen LogP contribution is -2.60. The van der Waals surface area contributed by atoms with Crippen LogP contribution < -0.4 is 0 Å². The first-order valence-electron chi connectivity index (χ1n) is 2.99. The highest BCUT2D eigenvalue weighted by molar-refractivity contribution is 5.82. The van der Waals surface area contributed by atoms with E-state index in [0.717, 1.165) is 0 Å². The van der Waals surface area contributed by atoms with Crippen LogP contribution in [0.4, 0.5) is 26.3 Å². The maximum atomic E-state index is 12.2. The predicted octanol–water partition coefficient (Wildman–Crippen LogP) is -0.122. The van der Waals surface area contributed by atoms with Gasteiger partial charge in [0.1, 0.15) is 0 Å². The molecule has 0 amide bonds. The molecule has 0 aromatic rings. The van der Waals surface area contributed by atoms with Crippen LogP contribution in [-0.2, 0) is 9.59 Å². The zero-order valence-electron chi connectivity index (χ0n) is 6.48. The Bertz CT molecular complexity index is 275. The summed E-state index contributed by atoms with van der Waals surface area (Å²) in [4.78, 5) is 19.2. The molecule has 94 valence electrons. The summed E-state index contributed by atoms with van der Waals surface area (Å²) in [5.41, 5.74) is 0. The molecule has 0 radical (unpaired) electrons. The minimum Gasteiger partial charge on any atom is -0.477 e. The van der Waals surface area contributed by atoms with Gasteiger partial charge in [-0.1, -0.05) is 0 Å². The van der Waals surface area contributed by atoms with E-state index in [4.69, 9.17) is 10.2 Å². The summed E-state index contributed by atoms with van der Waals surface area (Å²) in [5.74, 6) is -26.0. The van der Waals surface area contributed by atoms with E-state index in [0.29, 0.717) is 0 Å². The molecule has 0 saturated carbocycles. The van der Waals surface area contributed by atoms with Crippen LogP contribution in [0.1, 0.15) is 0 Å². The topological polar surface area (TPSA) is 74.6 Å². The summed E-state index contributed by atoms with van der Waals surface area (Å²) >= 11 is 0. The van der Waals surface area contributed by atoms with Crippen LogP contribution in [-0.4, -0.2) is 57.3 Å². The van der Waals surface area contributed by atoms with Crippen molar-refractivity contribution in [2.24, 2.45) is 0 Å². The minimum atomic E-state index is -6.53. The molecule has 0 bridgehead atoms. The SMILES string of the molecule is O=C(O)C(F)(F)C(F)(F)C(F)(F)C(=O)O.[AlH3]. The smallest absolute Gasteiger partial charge is 0.411 e. The largest absolute Gasteiger partial charge is 0.477 e. The number of rotatable bonds is 4. The van der Waals surface area contributed by atoms with Gasteiger partial charge in [0.2, 0.25) is 0 Å². The molecule has 11 heteroatoms. The Morgan fingerprint density at radius 2 is 0.938 bits per heavy atom. The molecule has 4 nitrogen and oxygen atoms in total. The number of carboxylic acid groups (broad SMARTS) is 2. The Balaban J connectivity index is 0. The van der Waals surface area contributed by atoms with E-state index in [1.165, 1.54) is 0 Å². The third-order valence-electron chi connectivity index (χ3n) is 1.33. The average molecular weight is 270 g/mol. The van der Waals surface area contributed by atoms with Crippen LogP contribution in [0.3, 0.4) is 0 Å². The molecular weight excluding hydrogens is 265 g/mol. The van der Waals surface area contributed by atoms with Gasteiger partial charge in [-0.15, -0.1) is 0 Å². The first kappa shape index (κ1) is 17.4. The van der Waals surface area contributed by atoms with Gasteiger partial charge in [-0.25, -0.2) is 9.59 Å². The van der Waals surface area contributed by atoms with E-state index in [1.807, 2.05) is 0 Å². The van der Waals surface area contributed by atoms with Crippen molar-refractivity contribution >= 4 is 29.3 Å². The molecule has 0 unspecified atom stereocenters. The van der Waals surface area contributed by atoms with Crippen molar-refractivity contribution in [1.29, 1.82) is 0 Å². The number of aliphatic carboxylic acids is 2. The van der Waals surface area contributed by atoms with E-state index in [2.05, 4.69) is 0 Å².